The average Bonchev–Trinajstić information content (AvgIpc) is 2.01. The Morgan fingerprint density at radius 3 is 2.25 bits per heavy atom. The van der Waals surface area contributed by atoms with Gasteiger partial charge in [0.25, 0.3) is 0 Å². The Balaban J connectivity index is 3.05. The van der Waals surface area contributed by atoms with Crippen molar-refractivity contribution < 1.29 is 17.9 Å². The lowest BCUT2D eigenvalue weighted by Gasteiger charge is -2.03. The summed E-state index contributed by atoms with van der Waals surface area (Å²) >= 11 is 0. The lowest BCUT2D eigenvalue weighted by Crippen LogP contribution is -1.97. The van der Waals surface area contributed by atoms with E-state index in [1.807, 2.05) is 0 Å². The van der Waals surface area contributed by atoms with Crippen LogP contribution in [0.25, 0.3) is 0 Å². The van der Waals surface area contributed by atoms with E-state index in [-0.39, 0.29) is 12.4 Å². The number of rotatable bonds is 2. The van der Waals surface area contributed by atoms with Gasteiger partial charge in [0.15, 0.2) is 23.2 Å². The SMILES string of the molecule is CCOc1cc(F)c(F)cc1F. The van der Waals surface area contributed by atoms with E-state index in [2.05, 4.69) is 0 Å². The Hall–Kier alpha value is -1.19. The summed E-state index contributed by atoms with van der Waals surface area (Å²) in [5.41, 5.74) is 0. The molecule has 0 bridgehead atoms. The highest BCUT2D eigenvalue weighted by atomic mass is 19.2. The molecule has 0 saturated heterocycles. The number of benzene rings is 1. The topological polar surface area (TPSA) is 9.23 Å². The van der Waals surface area contributed by atoms with Gasteiger partial charge in [-0.1, -0.05) is 0 Å². The van der Waals surface area contributed by atoms with Gasteiger partial charge in [0.1, 0.15) is 0 Å². The molecule has 0 unspecified atom stereocenters. The maximum absolute atomic E-state index is 12.7. The van der Waals surface area contributed by atoms with Crippen molar-refractivity contribution in [2.45, 2.75) is 6.92 Å². The summed E-state index contributed by atoms with van der Waals surface area (Å²) in [6.45, 7) is 1.84. The highest BCUT2D eigenvalue weighted by Gasteiger charge is 2.09. The highest BCUT2D eigenvalue weighted by Crippen LogP contribution is 2.20. The van der Waals surface area contributed by atoms with Crippen LogP contribution in [0.4, 0.5) is 13.2 Å². The summed E-state index contributed by atoms with van der Waals surface area (Å²) in [5, 5.41) is 0. The third kappa shape index (κ3) is 1.69. The van der Waals surface area contributed by atoms with E-state index in [9.17, 15) is 13.2 Å². The van der Waals surface area contributed by atoms with Crippen LogP contribution < -0.4 is 4.74 Å². The lowest BCUT2D eigenvalue weighted by molar-refractivity contribution is 0.316. The Labute approximate surface area is 67.8 Å². The van der Waals surface area contributed by atoms with Crippen LogP contribution in [-0.2, 0) is 0 Å². The van der Waals surface area contributed by atoms with Crippen molar-refractivity contribution in [1.82, 2.24) is 0 Å². The van der Waals surface area contributed by atoms with Crippen LogP contribution in [0.5, 0.6) is 5.75 Å². The van der Waals surface area contributed by atoms with Crippen molar-refractivity contribution in [3.8, 4) is 5.75 Å². The molecule has 0 fully saturated rings. The number of halogens is 3. The van der Waals surface area contributed by atoms with Crippen molar-refractivity contribution in [1.29, 1.82) is 0 Å². The van der Waals surface area contributed by atoms with E-state index in [1.54, 1.807) is 6.92 Å². The predicted octanol–water partition coefficient (Wildman–Crippen LogP) is 2.50. The number of hydrogen-bond donors (Lipinski definition) is 0. The molecule has 0 aliphatic carbocycles. The summed E-state index contributed by atoms with van der Waals surface area (Å²) in [4.78, 5) is 0. The molecule has 66 valence electrons. The molecular weight excluding hydrogens is 169 g/mol. The Kier molecular flexibility index (Phi) is 2.58. The van der Waals surface area contributed by atoms with E-state index < -0.39 is 17.5 Å². The normalized spacial score (nSPS) is 10.0. The minimum Gasteiger partial charge on any atom is -0.491 e. The zero-order valence-corrected chi connectivity index (χ0v) is 6.40. The monoisotopic (exact) mass is 176 g/mol. The van der Waals surface area contributed by atoms with E-state index >= 15 is 0 Å². The molecule has 4 heteroatoms. The van der Waals surface area contributed by atoms with Crippen LogP contribution in [0.15, 0.2) is 12.1 Å². The van der Waals surface area contributed by atoms with Gasteiger partial charge in [-0.15, -0.1) is 0 Å². The maximum atomic E-state index is 12.7. The van der Waals surface area contributed by atoms with Gasteiger partial charge >= 0.3 is 0 Å². The first kappa shape index (κ1) is 8.90. The minimum absolute atomic E-state index is 0.210. The van der Waals surface area contributed by atoms with Crippen LogP contribution in [0.2, 0.25) is 0 Å². The third-order valence-electron chi connectivity index (χ3n) is 1.27. The lowest BCUT2D eigenvalue weighted by atomic mass is 10.3. The third-order valence-corrected chi connectivity index (χ3v) is 1.27. The second-order valence-corrected chi connectivity index (χ2v) is 2.13. The van der Waals surface area contributed by atoms with Crippen molar-refractivity contribution in [2.24, 2.45) is 0 Å². The van der Waals surface area contributed by atoms with Gasteiger partial charge in [0.05, 0.1) is 6.61 Å². The van der Waals surface area contributed by atoms with Crippen LogP contribution in [0.3, 0.4) is 0 Å². The molecule has 1 nitrogen and oxygen atoms in total. The quantitative estimate of drug-likeness (QED) is 0.629. The standard InChI is InChI=1S/C8H7F3O/c1-2-12-8-4-6(10)5(9)3-7(8)11/h3-4H,2H2,1H3. The summed E-state index contributed by atoms with van der Waals surface area (Å²) in [7, 11) is 0. The summed E-state index contributed by atoms with van der Waals surface area (Å²) in [6.07, 6.45) is 0. The van der Waals surface area contributed by atoms with Gasteiger partial charge in [0, 0.05) is 12.1 Å². The molecule has 0 aliphatic rings. The fourth-order valence-corrected chi connectivity index (χ4v) is 0.770. The van der Waals surface area contributed by atoms with Gasteiger partial charge in [-0.25, -0.2) is 13.2 Å². The largest absolute Gasteiger partial charge is 0.491 e. The van der Waals surface area contributed by atoms with E-state index in [0.717, 1.165) is 0 Å². The Bertz CT molecular complexity index is 286. The maximum Gasteiger partial charge on any atom is 0.168 e. The van der Waals surface area contributed by atoms with Crippen molar-refractivity contribution in [2.75, 3.05) is 6.61 Å². The number of ether oxygens (including phenoxy) is 1. The second kappa shape index (κ2) is 3.47. The molecule has 0 atom stereocenters. The van der Waals surface area contributed by atoms with Crippen LogP contribution in [-0.4, -0.2) is 6.61 Å². The first-order chi connectivity index (χ1) is 5.65. The van der Waals surface area contributed by atoms with E-state index in [4.69, 9.17) is 4.74 Å². The van der Waals surface area contributed by atoms with Gasteiger partial charge in [0.2, 0.25) is 0 Å². The van der Waals surface area contributed by atoms with Crippen LogP contribution in [0.1, 0.15) is 6.92 Å². The molecule has 0 radical (unpaired) electrons. The number of hydrogen-bond acceptors (Lipinski definition) is 1. The molecule has 0 amide bonds. The fourth-order valence-electron chi connectivity index (χ4n) is 0.770. The zero-order chi connectivity index (χ0) is 9.14. The molecule has 0 spiro atoms. The van der Waals surface area contributed by atoms with Gasteiger partial charge in [-0.2, -0.15) is 0 Å². The molecule has 0 heterocycles. The Morgan fingerprint density at radius 1 is 1.08 bits per heavy atom. The van der Waals surface area contributed by atoms with Crippen molar-refractivity contribution >= 4 is 0 Å². The molecule has 0 aliphatic heterocycles. The molecule has 12 heavy (non-hydrogen) atoms. The first-order valence-corrected chi connectivity index (χ1v) is 3.42. The Morgan fingerprint density at radius 2 is 1.67 bits per heavy atom. The van der Waals surface area contributed by atoms with Gasteiger partial charge in [-0.05, 0) is 6.92 Å². The molecular formula is C8H7F3O. The molecule has 0 saturated carbocycles. The zero-order valence-electron chi connectivity index (χ0n) is 6.40. The van der Waals surface area contributed by atoms with E-state index in [1.165, 1.54) is 0 Å². The van der Waals surface area contributed by atoms with Crippen LogP contribution >= 0.6 is 0 Å². The summed E-state index contributed by atoms with van der Waals surface area (Å²) in [5.74, 6) is -3.48. The smallest absolute Gasteiger partial charge is 0.168 e. The molecule has 0 N–H and O–H groups in total. The second-order valence-electron chi connectivity index (χ2n) is 2.13. The van der Waals surface area contributed by atoms with E-state index in [0.29, 0.717) is 12.1 Å². The van der Waals surface area contributed by atoms with Crippen molar-refractivity contribution in [3.05, 3.63) is 29.6 Å². The summed E-state index contributed by atoms with van der Waals surface area (Å²) < 4.78 is 42.2. The first-order valence-electron chi connectivity index (χ1n) is 3.42. The van der Waals surface area contributed by atoms with Crippen LogP contribution in [0, 0.1) is 17.5 Å². The molecule has 1 rings (SSSR count). The van der Waals surface area contributed by atoms with Gasteiger partial charge < -0.3 is 4.74 Å². The average molecular weight is 176 g/mol. The fraction of sp³-hybridized carbons (Fsp3) is 0.250. The van der Waals surface area contributed by atoms with Gasteiger partial charge in [-0.3, -0.25) is 0 Å². The molecule has 1 aromatic carbocycles. The highest BCUT2D eigenvalue weighted by molar-refractivity contribution is 5.25. The van der Waals surface area contributed by atoms with Crippen molar-refractivity contribution in [3.63, 3.8) is 0 Å². The molecule has 0 aromatic heterocycles. The predicted molar refractivity (Wildman–Crippen MR) is 37.5 cm³/mol. The minimum atomic E-state index is -1.21. The molecule has 1 aromatic rings. The summed E-state index contributed by atoms with van der Waals surface area (Å²) in [6, 6.07) is 1.15.